The second kappa shape index (κ2) is 1.54. The van der Waals surface area contributed by atoms with Crippen LogP contribution in [0.1, 0.15) is 19.8 Å². The number of hydrogen-bond donors (Lipinski definition) is 0. The largest absolute Gasteiger partial charge is 0.0993 e. The third-order valence-electron chi connectivity index (χ3n) is 5.41. The second-order valence-electron chi connectivity index (χ2n) is 5.62. The normalized spacial score (nSPS) is 70.4. The summed E-state index contributed by atoms with van der Waals surface area (Å²) in [4.78, 5) is 0. The van der Waals surface area contributed by atoms with Crippen LogP contribution < -0.4 is 0 Å². The Morgan fingerprint density at radius 3 is 2.75 bits per heavy atom. The van der Waals surface area contributed by atoms with Crippen molar-refractivity contribution in [2.24, 2.45) is 41.4 Å². The summed E-state index contributed by atoms with van der Waals surface area (Å²) in [5, 5.41) is 0. The van der Waals surface area contributed by atoms with Gasteiger partial charge in [0.15, 0.2) is 0 Å². The summed E-state index contributed by atoms with van der Waals surface area (Å²) in [5.41, 5.74) is 1.64. The van der Waals surface area contributed by atoms with Crippen molar-refractivity contribution in [1.29, 1.82) is 0 Å². The predicted octanol–water partition coefficient (Wildman–Crippen LogP) is 2.71. The van der Waals surface area contributed by atoms with Gasteiger partial charge in [-0.3, -0.25) is 0 Å². The van der Waals surface area contributed by atoms with Gasteiger partial charge in [-0.25, -0.2) is 0 Å². The van der Waals surface area contributed by atoms with Crippen molar-refractivity contribution in [3.63, 3.8) is 0 Å². The summed E-state index contributed by atoms with van der Waals surface area (Å²) in [6.07, 6.45) is 3.14. The highest BCUT2D eigenvalue weighted by molar-refractivity contribution is 5.34. The first-order valence-corrected chi connectivity index (χ1v) is 5.47. The maximum absolute atomic E-state index is 4.27. The zero-order valence-corrected chi connectivity index (χ0v) is 7.66. The minimum absolute atomic E-state index is 0.966. The number of rotatable bonds is 0. The van der Waals surface area contributed by atoms with Crippen molar-refractivity contribution >= 4 is 0 Å². The Balaban J connectivity index is 1.85. The first-order valence-electron chi connectivity index (χ1n) is 5.47. The van der Waals surface area contributed by atoms with E-state index >= 15 is 0 Å². The molecule has 0 amide bonds. The molecule has 0 heterocycles. The molecule has 5 aliphatic carbocycles. The summed E-state index contributed by atoms with van der Waals surface area (Å²) < 4.78 is 0. The topological polar surface area (TPSA) is 0 Å². The van der Waals surface area contributed by atoms with Crippen LogP contribution in [-0.4, -0.2) is 0 Å². The maximum Gasteiger partial charge on any atom is -0.0135 e. The van der Waals surface area contributed by atoms with Crippen LogP contribution in [0.3, 0.4) is 0 Å². The van der Waals surface area contributed by atoms with Crippen molar-refractivity contribution in [1.82, 2.24) is 0 Å². The third-order valence-corrected chi connectivity index (χ3v) is 5.41. The van der Waals surface area contributed by atoms with Gasteiger partial charge in [0.2, 0.25) is 0 Å². The summed E-state index contributed by atoms with van der Waals surface area (Å²) in [6, 6.07) is 0. The van der Waals surface area contributed by atoms with Gasteiger partial charge >= 0.3 is 0 Å². The smallest absolute Gasteiger partial charge is 0.0135 e. The Labute approximate surface area is 74.0 Å². The van der Waals surface area contributed by atoms with Gasteiger partial charge in [0.1, 0.15) is 0 Å². The van der Waals surface area contributed by atoms with Gasteiger partial charge < -0.3 is 0 Å². The van der Waals surface area contributed by atoms with Crippen LogP contribution in [-0.2, 0) is 0 Å². The van der Waals surface area contributed by atoms with Gasteiger partial charge in [0.05, 0.1) is 0 Å². The van der Waals surface area contributed by atoms with E-state index in [4.69, 9.17) is 0 Å². The number of fused-ring (bicyclic) bond motifs is 1. The fourth-order valence-corrected chi connectivity index (χ4v) is 5.02. The average molecular weight is 160 g/mol. The molecule has 4 bridgehead atoms. The minimum Gasteiger partial charge on any atom is -0.0993 e. The molecule has 5 aliphatic rings. The van der Waals surface area contributed by atoms with Crippen molar-refractivity contribution in [3.8, 4) is 0 Å². The molecule has 5 fully saturated rings. The van der Waals surface area contributed by atoms with E-state index < -0.39 is 0 Å². The molecule has 0 spiro atoms. The fourth-order valence-electron chi connectivity index (χ4n) is 5.02. The van der Waals surface area contributed by atoms with Crippen molar-refractivity contribution < 1.29 is 0 Å². The van der Waals surface area contributed by atoms with E-state index in [9.17, 15) is 0 Å². The molecule has 0 aromatic rings. The molecule has 0 saturated heterocycles. The lowest BCUT2D eigenvalue weighted by molar-refractivity contribution is 0.170. The van der Waals surface area contributed by atoms with Crippen LogP contribution in [0.25, 0.3) is 0 Å². The lowest BCUT2D eigenvalue weighted by Crippen LogP contribution is -2.35. The molecule has 7 atom stereocenters. The lowest BCUT2D eigenvalue weighted by Gasteiger charge is -2.42. The van der Waals surface area contributed by atoms with Gasteiger partial charge in [-0.15, -0.1) is 0 Å². The van der Waals surface area contributed by atoms with E-state index in [1.54, 1.807) is 18.4 Å². The molecule has 64 valence electrons. The van der Waals surface area contributed by atoms with E-state index in [0.29, 0.717) is 0 Å². The number of hydrogen-bond acceptors (Lipinski definition) is 0. The highest BCUT2D eigenvalue weighted by Gasteiger charge is 2.69. The third kappa shape index (κ3) is 0.427. The van der Waals surface area contributed by atoms with Crippen molar-refractivity contribution in [2.45, 2.75) is 19.8 Å². The fraction of sp³-hybridized carbons (Fsp3) is 0.833. The summed E-state index contributed by atoms with van der Waals surface area (Å²) >= 11 is 0. The second-order valence-corrected chi connectivity index (χ2v) is 5.62. The van der Waals surface area contributed by atoms with Gasteiger partial charge in [-0.05, 0) is 54.3 Å². The molecule has 12 heavy (non-hydrogen) atoms. The molecular weight excluding hydrogens is 144 g/mol. The Morgan fingerprint density at radius 1 is 1.17 bits per heavy atom. The van der Waals surface area contributed by atoms with Crippen LogP contribution in [0.2, 0.25) is 0 Å². The molecule has 0 aromatic carbocycles. The van der Waals surface area contributed by atoms with E-state index in [0.717, 1.165) is 41.4 Å². The van der Waals surface area contributed by atoms with Crippen molar-refractivity contribution in [2.75, 3.05) is 0 Å². The molecule has 0 aliphatic heterocycles. The zero-order chi connectivity index (χ0) is 8.03. The molecule has 0 heteroatoms. The molecule has 5 saturated carbocycles. The molecule has 0 N–H and O–H groups in total. The summed E-state index contributed by atoms with van der Waals surface area (Å²) in [6.45, 7) is 6.76. The van der Waals surface area contributed by atoms with E-state index in [2.05, 4.69) is 13.5 Å². The summed E-state index contributed by atoms with van der Waals surface area (Å²) in [5.74, 6) is 7.46. The van der Waals surface area contributed by atoms with Gasteiger partial charge in [-0.2, -0.15) is 0 Å². The van der Waals surface area contributed by atoms with Crippen LogP contribution in [0.5, 0.6) is 0 Å². The molecule has 5 rings (SSSR count). The van der Waals surface area contributed by atoms with Crippen LogP contribution in [0, 0.1) is 41.4 Å². The summed E-state index contributed by atoms with van der Waals surface area (Å²) in [7, 11) is 0. The van der Waals surface area contributed by atoms with Crippen LogP contribution >= 0.6 is 0 Å². The highest BCUT2D eigenvalue weighted by Crippen LogP contribution is 2.75. The standard InChI is InChI=1S/C12H16/c1-5-10-6(2)12-9(10)4-7-3-8(7)11(5)12/h5,7-12H,2-4H2,1H3/t5-,7?,8?,9?,10?,11?,12?/m1/s1. The highest BCUT2D eigenvalue weighted by atomic mass is 14.7. The quantitative estimate of drug-likeness (QED) is 0.478. The van der Waals surface area contributed by atoms with Gasteiger partial charge in [-0.1, -0.05) is 19.1 Å². The Bertz CT molecular complexity index is 276. The van der Waals surface area contributed by atoms with E-state index in [1.807, 2.05) is 0 Å². The SMILES string of the molecule is C=C1C2C3CC4CC4C2[C@H](C)C13. The minimum atomic E-state index is 0.966. The van der Waals surface area contributed by atoms with Crippen molar-refractivity contribution in [3.05, 3.63) is 12.2 Å². The first-order chi connectivity index (χ1) is 5.79. The lowest BCUT2D eigenvalue weighted by atomic mass is 9.62. The molecule has 6 unspecified atom stereocenters. The first kappa shape index (κ1) is 6.23. The maximum atomic E-state index is 4.27. The molecule has 0 aromatic heterocycles. The Morgan fingerprint density at radius 2 is 1.92 bits per heavy atom. The molecule has 0 radical (unpaired) electrons. The monoisotopic (exact) mass is 160 g/mol. The predicted molar refractivity (Wildman–Crippen MR) is 48.5 cm³/mol. The number of allylic oxidation sites excluding steroid dienone is 1. The Hall–Kier alpha value is -0.260. The average Bonchev–Trinajstić information content (AvgIpc) is 2.70. The zero-order valence-electron chi connectivity index (χ0n) is 7.66. The van der Waals surface area contributed by atoms with Crippen LogP contribution in [0.4, 0.5) is 0 Å². The molecular formula is C12H16. The van der Waals surface area contributed by atoms with Gasteiger partial charge in [0, 0.05) is 0 Å². The van der Waals surface area contributed by atoms with E-state index in [-0.39, 0.29) is 0 Å². The van der Waals surface area contributed by atoms with Crippen LogP contribution in [0.15, 0.2) is 12.2 Å². The molecule has 0 nitrogen and oxygen atoms in total. The van der Waals surface area contributed by atoms with E-state index in [1.165, 1.54) is 0 Å². The van der Waals surface area contributed by atoms with Gasteiger partial charge in [0.25, 0.3) is 0 Å². The Kier molecular flexibility index (Phi) is 0.799.